The summed E-state index contributed by atoms with van der Waals surface area (Å²) in [5, 5.41) is 20.7. The fraction of sp³-hybridized carbons (Fsp3) is 0.545. The lowest BCUT2D eigenvalue weighted by atomic mass is 10.2. The third-order valence-corrected chi connectivity index (χ3v) is 4.00. The molecule has 1 aromatic rings. The van der Waals surface area contributed by atoms with Crippen molar-refractivity contribution < 1.29 is 19.8 Å². The molecular weight excluding hydrogens is 270 g/mol. The van der Waals surface area contributed by atoms with E-state index >= 15 is 0 Å². The zero-order valence-corrected chi connectivity index (χ0v) is 11.1. The Kier molecular flexibility index (Phi) is 3.83. The van der Waals surface area contributed by atoms with Crippen LogP contribution >= 0.6 is 11.3 Å². The van der Waals surface area contributed by atoms with Gasteiger partial charge in [-0.15, -0.1) is 11.3 Å². The molecule has 1 amide bonds. The predicted molar refractivity (Wildman–Crippen MR) is 67.8 cm³/mol. The van der Waals surface area contributed by atoms with Gasteiger partial charge in [0.1, 0.15) is 16.7 Å². The van der Waals surface area contributed by atoms with Crippen LogP contribution in [-0.2, 0) is 4.79 Å². The number of carbonyl (C=O) groups is 2. The second-order valence-electron chi connectivity index (χ2n) is 4.56. The highest BCUT2D eigenvalue weighted by molar-refractivity contribution is 7.09. The van der Waals surface area contributed by atoms with E-state index in [1.54, 1.807) is 12.3 Å². The van der Waals surface area contributed by atoms with Crippen molar-refractivity contribution in [1.82, 2.24) is 9.88 Å². The number of nitrogens with two attached hydrogens (primary N) is 1. The van der Waals surface area contributed by atoms with Crippen molar-refractivity contribution in [2.75, 3.05) is 6.54 Å². The number of aliphatic hydroxyl groups excluding tert-OH is 1. The number of β-amino-alcohol motifs (C(OH)–C–C–N with tert-alkyl or cyclic N) is 1. The highest BCUT2D eigenvalue weighted by Gasteiger charge is 2.39. The summed E-state index contributed by atoms with van der Waals surface area (Å²) in [6, 6.07) is -1.27. The van der Waals surface area contributed by atoms with Gasteiger partial charge in [-0.1, -0.05) is 0 Å². The molecular formula is C11H15N3O4S. The van der Waals surface area contributed by atoms with Crippen LogP contribution in [0.2, 0.25) is 0 Å². The van der Waals surface area contributed by atoms with E-state index in [9.17, 15) is 14.7 Å². The number of nitrogens with zero attached hydrogens (tertiary/aromatic N) is 2. The number of thiazole rings is 1. The first-order valence-corrected chi connectivity index (χ1v) is 6.71. The predicted octanol–water partition coefficient (Wildman–Crippen LogP) is -0.177. The van der Waals surface area contributed by atoms with Crippen molar-refractivity contribution in [2.45, 2.75) is 31.5 Å². The molecule has 4 N–H and O–H groups in total. The number of likely N-dealkylation sites (tertiary alicyclic amines) is 1. The Balaban J connectivity index is 2.20. The molecule has 1 saturated heterocycles. The van der Waals surface area contributed by atoms with Gasteiger partial charge in [0.05, 0.1) is 12.1 Å². The van der Waals surface area contributed by atoms with E-state index in [4.69, 9.17) is 10.8 Å². The van der Waals surface area contributed by atoms with Gasteiger partial charge >= 0.3 is 5.97 Å². The lowest BCUT2D eigenvalue weighted by molar-refractivity contribution is -0.141. The van der Waals surface area contributed by atoms with E-state index in [2.05, 4.69) is 4.98 Å². The highest BCUT2D eigenvalue weighted by atomic mass is 32.1. The molecule has 2 unspecified atom stereocenters. The van der Waals surface area contributed by atoms with Crippen LogP contribution in [0.4, 0.5) is 0 Å². The van der Waals surface area contributed by atoms with E-state index in [-0.39, 0.29) is 24.7 Å². The summed E-state index contributed by atoms with van der Waals surface area (Å²) in [7, 11) is 0. The number of carboxylic acids is 1. The molecule has 2 heterocycles. The van der Waals surface area contributed by atoms with Gasteiger partial charge in [-0.05, 0) is 6.92 Å². The number of hydrogen-bond acceptors (Lipinski definition) is 6. The summed E-state index contributed by atoms with van der Waals surface area (Å²) in [6.07, 6.45) is -0.762. The Hall–Kier alpha value is -1.51. The number of aliphatic hydroxyl groups is 1. The fourth-order valence-electron chi connectivity index (χ4n) is 2.01. The maximum atomic E-state index is 12.2. The molecule has 8 heteroatoms. The minimum absolute atomic E-state index is 0.0147. The van der Waals surface area contributed by atoms with Crippen LogP contribution in [0.1, 0.15) is 34.9 Å². The summed E-state index contributed by atoms with van der Waals surface area (Å²) in [4.78, 5) is 28.5. The van der Waals surface area contributed by atoms with Crippen molar-refractivity contribution >= 4 is 23.2 Å². The smallest absolute Gasteiger partial charge is 0.326 e. The van der Waals surface area contributed by atoms with Gasteiger partial charge in [-0.2, -0.15) is 0 Å². The van der Waals surface area contributed by atoms with Crippen molar-refractivity contribution in [1.29, 1.82) is 0 Å². The molecule has 2 rings (SSSR count). The van der Waals surface area contributed by atoms with Gasteiger partial charge in [0, 0.05) is 18.3 Å². The first kappa shape index (κ1) is 13.9. The highest BCUT2D eigenvalue weighted by Crippen LogP contribution is 2.23. The topological polar surface area (TPSA) is 117 Å². The molecule has 0 aliphatic carbocycles. The van der Waals surface area contributed by atoms with Crippen LogP contribution in [0.15, 0.2) is 5.38 Å². The van der Waals surface area contributed by atoms with E-state index < -0.39 is 24.0 Å². The van der Waals surface area contributed by atoms with Crippen LogP contribution in [0, 0.1) is 0 Å². The number of carboxylic acid groups (broad SMARTS) is 1. The van der Waals surface area contributed by atoms with E-state index in [0.717, 1.165) is 4.90 Å². The van der Waals surface area contributed by atoms with Crippen molar-refractivity contribution in [3.63, 3.8) is 0 Å². The standard InChI is InChI=1S/C11H15N3O4S/c1-5(12)9-13-7(4-19-9)10(16)14-3-6(15)2-8(14)11(17)18/h4-6,8,15H,2-3,12H2,1H3,(H,17,18)/t5?,6?,8-/m0/s1. The number of hydrogen-bond donors (Lipinski definition) is 3. The average Bonchev–Trinajstić information content (AvgIpc) is 2.94. The summed E-state index contributed by atoms with van der Waals surface area (Å²) in [5.41, 5.74) is 5.85. The van der Waals surface area contributed by atoms with Gasteiger partial charge in [-0.25, -0.2) is 9.78 Å². The minimum atomic E-state index is -1.12. The van der Waals surface area contributed by atoms with Crippen LogP contribution in [0.25, 0.3) is 0 Å². The van der Waals surface area contributed by atoms with Crippen molar-refractivity contribution in [2.24, 2.45) is 5.73 Å². The molecule has 3 atom stereocenters. The Morgan fingerprint density at radius 2 is 2.32 bits per heavy atom. The van der Waals surface area contributed by atoms with Crippen LogP contribution in [-0.4, -0.2) is 50.7 Å². The number of rotatable bonds is 3. The third-order valence-electron chi connectivity index (χ3n) is 2.96. The molecule has 1 aliphatic rings. The number of amides is 1. The van der Waals surface area contributed by atoms with Crippen LogP contribution < -0.4 is 5.73 Å². The van der Waals surface area contributed by atoms with E-state index in [0.29, 0.717) is 5.01 Å². The summed E-state index contributed by atoms with van der Waals surface area (Å²) >= 11 is 1.26. The van der Waals surface area contributed by atoms with E-state index in [1.165, 1.54) is 11.3 Å². The first-order valence-electron chi connectivity index (χ1n) is 5.83. The molecule has 0 bridgehead atoms. The lowest BCUT2D eigenvalue weighted by Gasteiger charge is -2.19. The minimum Gasteiger partial charge on any atom is -0.480 e. The molecule has 1 aliphatic heterocycles. The average molecular weight is 285 g/mol. The quantitative estimate of drug-likeness (QED) is 0.709. The van der Waals surface area contributed by atoms with E-state index in [1.807, 2.05) is 0 Å². The Bertz CT molecular complexity index is 502. The molecule has 1 aromatic heterocycles. The maximum Gasteiger partial charge on any atom is 0.326 e. The number of carbonyl (C=O) groups excluding carboxylic acids is 1. The van der Waals surface area contributed by atoms with Gasteiger partial charge in [0.25, 0.3) is 5.91 Å². The number of aliphatic carboxylic acids is 1. The Morgan fingerprint density at radius 1 is 1.63 bits per heavy atom. The molecule has 0 spiro atoms. The molecule has 0 radical (unpaired) electrons. The molecule has 104 valence electrons. The molecule has 7 nitrogen and oxygen atoms in total. The second-order valence-corrected chi connectivity index (χ2v) is 5.45. The monoisotopic (exact) mass is 285 g/mol. The lowest BCUT2D eigenvalue weighted by Crippen LogP contribution is -2.40. The third kappa shape index (κ3) is 2.75. The second kappa shape index (κ2) is 5.24. The normalized spacial score (nSPS) is 24.5. The first-order chi connectivity index (χ1) is 8.90. The summed E-state index contributed by atoms with van der Waals surface area (Å²) < 4.78 is 0. The zero-order valence-electron chi connectivity index (χ0n) is 10.3. The van der Waals surface area contributed by atoms with Crippen LogP contribution in [0.5, 0.6) is 0 Å². The summed E-state index contributed by atoms with van der Waals surface area (Å²) in [6.45, 7) is 1.77. The van der Waals surface area contributed by atoms with Gasteiger partial charge in [-0.3, -0.25) is 4.79 Å². The molecule has 19 heavy (non-hydrogen) atoms. The molecule has 1 fully saturated rings. The number of aromatic nitrogens is 1. The largest absolute Gasteiger partial charge is 0.480 e. The van der Waals surface area contributed by atoms with Crippen LogP contribution in [0.3, 0.4) is 0 Å². The zero-order chi connectivity index (χ0) is 14.2. The summed E-state index contributed by atoms with van der Waals surface area (Å²) in [5.74, 6) is -1.60. The molecule has 0 aromatic carbocycles. The van der Waals surface area contributed by atoms with Gasteiger partial charge in [0.2, 0.25) is 0 Å². The van der Waals surface area contributed by atoms with Crippen molar-refractivity contribution in [3.8, 4) is 0 Å². The Labute approximate surface area is 113 Å². The van der Waals surface area contributed by atoms with Gasteiger partial charge < -0.3 is 20.8 Å². The fourth-order valence-corrected chi connectivity index (χ4v) is 2.77. The maximum absolute atomic E-state index is 12.2. The molecule has 0 saturated carbocycles. The van der Waals surface area contributed by atoms with Gasteiger partial charge in [0.15, 0.2) is 0 Å². The Morgan fingerprint density at radius 3 is 2.84 bits per heavy atom. The SMILES string of the molecule is CC(N)c1nc(C(=O)N2CC(O)C[C@H]2C(=O)O)cs1. The van der Waals surface area contributed by atoms with Crippen molar-refractivity contribution in [3.05, 3.63) is 16.1 Å².